The van der Waals surface area contributed by atoms with Gasteiger partial charge < -0.3 is 10.2 Å². The summed E-state index contributed by atoms with van der Waals surface area (Å²) in [5.74, 6) is 0. The zero-order valence-corrected chi connectivity index (χ0v) is 10.2. The summed E-state index contributed by atoms with van der Waals surface area (Å²) in [6.45, 7) is 4.10. The summed E-state index contributed by atoms with van der Waals surface area (Å²) >= 11 is 1.83. The van der Waals surface area contributed by atoms with Crippen molar-refractivity contribution in [3.8, 4) is 0 Å². The zero-order chi connectivity index (χ0) is 10.6. The van der Waals surface area contributed by atoms with E-state index in [1.165, 1.54) is 15.6 Å². The molecule has 0 fully saturated rings. The van der Waals surface area contributed by atoms with E-state index in [0.717, 1.165) is 19.5 Å². The highest BCUT2D eigenvalue weighted by Gasteiger charge is 2.06. The van der Waals surface area contributed by atoms with Crippen LogP contribution >= 0.6 is 11.3 Å². The summed E-state index contributed by atoms with van der Waals surface area (Å²) < 4.78 is 0. The first-order chi connectivity index (χ1) is 6.63. The van der Waals surface area contributed by atoms with Crippen molar-refractivity contribution in [3.63, 3.8) is 0 Å². The number of aromatic nitrogens is 1. The van der Waals surface area contributed by atoms with Crippen LogP contribution in [-0.4, -0.2) is 37.6 Å². The van der Waals surface area contributed by atoms with Gasteiger partial charge in [0.15, 0.2) is 0 Å². The van der Waals surface area contributed by atoms with Gasteiger partial charge in [-0.05, 0) is 28.1 Å². The molecule has 0 aliphatic heterocycles. The number of nitrogens with zero attached hydrogens (tertiary/aromatic N) is 2. The van der Waals surface area contributed by atoms with E-state index in [1.54, 1.807) is 0 Å². The second-order valence-electron chi connectivity index (χ2n) is 3.70. The molecule has 0 aliphatic carbocycles. The number of nitrogens with one attached hydrogen (secondary N) is 1. The Morgan fingerprint density at radius 3 is 2.71 bits per heavy atom. The maximum Gasteiger partial charge on any atom is 0.0944 e. The molecule has 0 saturated carbocycles. The van der Waals surface area contributed by atoms with Crippen LogP contribution in [0.2, 0.25) is 0 Å². The summed E-state index contributed by atoms with van der Waals surface area (Å²) in [6.07, 6.45) is 1.06. The van der Waals surface area contributed by atoms with Crippen LogP contribution in [0.3, 0.4) is 0 Å². The molecule has 14 heavy (non-hydrogen) atoms. The van der Waals surface area contributed by atoms with E-state index in [2.05, 4.69) is 36.2 Å². The Morgan fingerprint density at radius 2 is 2.14 bits per heavy atom. The second-order valence-corrected chi connectivity index (χ2v) is 4.87. The fraction of sp³-hybridized carbons (Fsp3) is 0.700. The van der Waals surface area contributed by atoms with E-state index in [1.807, 2.05) is 18.4 Å². The van der Waals surface area contributed by atoms with Crippen molar-refractivity contribution in [2.24, 2.45) is 0 Å². The normalized spacial score (nSPS) is 11.2. The maximum absolute atomic E-state index is 4.55. The third-order valence-electron chi connectivity index (χ3n) is 2.05. The van der Waals surface area contributed by atoms with Crippen molar-refractivity contribution in [2.75, 3.05) is 27.7 Å². The number of rotatable bonds is 5. The predicted molar refractivity (Wildman–Crippen MR) is 61.9 cm³/mol. The quantitative estimate of drug-likeness (QED) is 0.798. The highest BCUT2D eigenvalue weighted by Crippen LogP contribution is 2.18. The van der Waals surface area contributed by atoms with Gasteiger partial charge in [0.25, 0.3) is 0 Å². The van der Waals surface area contributed by atoms with Gasteiger partial charge in [0.1, 0.15) is 0 Å². The minimum atomic E-state index is 0.936. The topological polar surface area (TPSA) is 28.2 Å². The largest absolute Gasteiger partial charge is 0.315 e. The smallest absolute Gasteiger partial charge is 0.0944 e. The highest BCUT2D eigenvalue weighted by atomic mass is 32.1. The zero-order valence-electron chi connectivity index (χ0n) is 9.42. The molecule has 3 nitrogen and oxygen atoms in total. The first-order valence-corrected chi connectivity index (χ1v) is 5.69. The van der Waals surface area contributed by atoms with Crippen molar-refractivity contribution in [1.29, 1.82) is 0 Å². The predicted octanol–water partition coefficient (Wildman–Crippen LogP) is 1.28. The molecule has 0 unspecified atom stereocenters. The van der Waals surface area contributed by atoms with Gasteiger partial charge in [-0.3, -0.25) is 0 Å². The van der Waals surface area contributed by atoms with Crippen molar-refractivity contribution in [3.05, 3.63) is 15.6 Å². The molecule has 1 heterocycles. The Hall–Kier alpha value is -0.450. The number of aryl methyl sites for hydroxylation is 1. The molecule has 1 aromatic rings. The van der Waals surface area contributed by atoms with E-state index in [9.17, 15) is 0 Å². The highest BCUT2D eigenvalue weighted by molar-refractivity contribution is 7.11. The van der Waals surface area contributed by atoms with E-state index in [4.69, 9.17) is 0 Å². The third-order valence-corrected chi connectivity index (χ3v) is 3.26. The van der Waals surface area contributed by atoms with E-state index in [0.29, 0.717) is 0 Å². The molecule has 0 bridgehead atoms. The summed E-state index contributed by atoms with van der Waals surface area (Å²) in [4.78, 5) is 8.10. The molecule has 0 aromatic carbocycles. The van der Waals surface area contributed by atoms with Gasteiger partial charge in [-0.15, -0.1) is 11.3 Å². The molecule has 4 heteroatoms. The molecule has 0 spiro atoms. The molecule has 80 valence electrons. The first-order valence-electron chi connectivity index (χ1n) is 4.88. The van der Waals surface area contributed by atoms with Crippen molar-refractivity contribution < 1.29 is 0 Å². The Labute approximate surface area is 90.2 Å². The lowest BCUT2D eigenvalue weighted by molar-refractivity contribution is 0.413. The molecule has 0 radical (unpaired) electrons. The van der Waals surface area contributed by atoms with Crippen LogP contribution in [0.5, 0.6) is 0 Å². The number of likely N-dealkylation sites (N-methyl/N-ethyl adjacent to an activating group) is 1. The van der Waals surface area contributed by atoms with Crippen LogP contribution in [0.1, 0.15) is 15.6 Å². The lowest BCUT2D eigenvalue weighted by Gasteiger charge is -2.06. The lowest BCUT2D eigenvalue weighted by atomic mass is 10.4. The molecule has 1 rings (SSSR count). The summed E-state index contributed by atoms with van der Waals surface area (Å²) in [5.41, 5.74) is 1.18. The van der Waals surface area contributed by atoms with Gasteiger partial charge in [0.2, 0.25) is 0 Å². The fourth-order valence-electron chi connectivity index (χ4n) is 1.24. The van der Waals surface area contributed by atoms with Gasteiger partial charge in [-0.2, -0.15) is 0 Å². The average Bonchev–Trinajstić information content (AvgIpc) is 2.45. The minimum Gasteiger partial charge on any atom is -0.315 e. The van der Waals surface area contributed by atoms with Crippen molar-refractivity contribution in [2.45, 2.75) is 19.9 Å². The monoisotopic (exact) mass is 213 g/mol. The summed E-state index contributed by atoms with van der Waals surface area (Å²) in [5, 5.41) is 4.41. The van der Waals surface area contributed by atoms with E-state index in [-0.39, 0.29) is 0 Å². The van der Waals surface area contributed by atoms with Gasteiger partial charge in [0.05, 0.1) is 10.7 Å². The van der Waals surface area contributed by atoms with Gasteiger partial charge in [-0.1, -0.05) is 0 Å². The third kappa shape index (κ3) is 3.36. The number of hydrogen-bond donors (Lipinski definition) is 1. The first kappa shape index (κ1) is 11.6. The van der Waals surface area contributed by atoms with Crippen molar-refractivity contribution >= 4 is 11.3 Å². The van der Waals surface area contributed by atoms with Gasteiger partial charge >= 0.3 is 0 Å². The molecule has 0 atom stereocenters. The SMILES string of the molecule is CNCc1sc(CCN(C)C)nc1C. The average molecular weight is 213 g/mol. The van der Waals surface area contributed by atoms with Crippen LogP contribution in [0.25, 0.3) is 0 Å². The molecule has 1 N–H and O–H groups in total. The Morgan fingerprint density at radius 1 is 1.43 bits per heavy atom. The fourth-order valence-corrected chi connectivity index (χ4v) is 2.31. The summed E-state index contributed by atoms with van der Waals surface area (Å²) in [6, 6.07) is 0. The summed E-state index contributed by atoms with van der Waals surface area (Å²) in [7, 11) is 6.16. The van der Waals surface area contributed by atoms with Gasteiger partial charge in [0, 0.05) is 24.4 Å². The Bertz CT molecular complexity index is 281. The lowest BCUT2D eigenvalue weighted by Crippen LogP contribution is -2.14. The number of hydrogen-bond acceptors (Lipinski definition) is 4. The Balaban J connectivity index is 2.56. The van der Waals surface area contributed by atoms with E-state index >= 15 is 0 Å². The van der Waals surface area contributed by atoms with Crippen LogP contribution in [0, 0.1) is 6.92 Å². The van der Waals surface area contributed by atoms with Gasteiger partial charge in [-0.25, -0.2) is 4.98 Å². The van der Waals surface area contributed by atoms with Crippen molar-refractivity contribution in [1.82, 2.24) is 15.2 Å². The Kier molecular flexibility index (Phi) is 4.51. The van der Waals surface area contributed by atoms with E-state index < -0.39 is 0 Å². The minimum absolute atomic E-state index is 0.936. The van der Waals surface area contributed by atoms with Crippen LogP contribution in [-0.2, 0) is 13.0 Å². The standard InChI is InChI=1S/C10H19N3S/c1-8-9(7-11-2)14-10(12-8)5-6-13(3)4/h11H,5-7H2,1-4H3. The van der Waals surface area contributed by atoms with Crippen LogP contribution in [0.15, 0.2) is 0 Å². The molecule has 0 aliphatic rings. The van der Waals surface area contributed by atoms with Crippen LogP contribution in [0.4, 0.5) is 0 Å². The molecule has 1 aromatic heterocycles. The molecular weight excluding hydrogens is 194 g/mol. The number of thiazole rings is 1. The van der Waals surface area contributed by atoms with Crippen LogP contribution < -0.4 is 5.32 Å². The molecule has 0 amide bonds. The second kappa shape index (κ2) is 5.44. The molecular formula is C10H19N3S. The maximum atomic E-state index is 4.55. The molecule has 0 saturated heterocycles.